The second-order valence-corrected chi connectivity index (χ2v) is 16.4. The molecule has 4 nitrogen and oxygen atoms in total. The summed E-state index contributed by atoms with van der Waals surface area (Å²) in [4.78, 5) is 0. The first kappa shape index (κ1) is 35.0. The Labute approximate surface area is 225 Å². The van der Waals surface area contributed by atoms with E-state index in [2.05, 4.69) is 41.5 Å². The van der Waals surface area contributed by atoms with Crippen molar-refractivity contribution >= 4 is 40.6 Å². The molecule has 0 saturated heterocycles. The molecule has 0 aliphatic heterocycles. The Morgan fingerprint density at radius 3 is 1.06 bits per heavy atom. The van der Waals surface area contributed by atoms with Gasteiger partial charge in [0.1, 0.15) is 0 Å². The molecule has 0 aromatic rings. The Kier molecular flexibility index (Phi) is 25.0. The molecule has 0 heterocycles. The third-order valence-electron chi connectivity index (χ3n) is 5.74. The molecule has 0 aromatic carbocycles. The third kappa shape index (κ3) is 17.4. The first-order chi connectivity index (χ1) is 16.6. The predicted molar refractivity (Wildman–Crippen MR) is 161 cm³/mol. The lowest BCUT2D eigenvalue weighted by atomic mass is 10.3. The third-order valence-corrected chi connectivity index (χ3v) is 13.5. The van der Waals surface area contributed by atoms with Gasteiger partial charge in [-0.3, -0.25) is 0 Å². The quantitative estimate of drug-likeness (QED) is 0.0474. The fourth-order valence-electron chi connectivity index (χ4n) is 3.74. The second-order valence-electron chi connectivity index (χ2n) is 9.36. The van der Waals surface area contributed by atoms with E-state index in [4.69, 9.17) is 18.9 Å². The Balaban J connectivity index is 5.14. The van der Waals surface area contributed by atoms with Gasteiger partial charge in [-0.15, -0.1) is 0 Å². The summed E-state index contributed by atoms with van der Waals surface area (Å²) in [5.41, 5.74) is -0.652. The van der Waals surface area contributed by atoms with Crippen LogP contribution in [0.4, 0.5) is 0 Å². The van der Waals surface area contributed by atoms with Crippen LogP contribution in [-0.2, 0) is 18.9 Å². The van der Waals surface area contributed by atoms with Crippen LogP contribution in [0.3, 0.4) is 0 Å². The molecule has 0 saturated carbocycles. The first-order valence-electron chi connectivity index (χ1n) is 14.4. The van der Waals surface area contributed by atoms with Gasteiger partial charge in [0, 0.05) is 26.4 Å². The topological polar surface area (TPSA) is 36.9 Å². The van der Waals surface area contributed by atoms with Gasteiger partial charge in [-0.05, 0) is 25.7 Å². The molecule has 0 N–H and O–H groups in total. The van der Waals surface area contributed by atoms with E-state index in [1.165, 1.54) is 50.6 Å². The minimum absolute atomic E-state index is 0.326. The van der Waals surface area contributed by atoms with Gasteiger partial charge in [0.2, 0.25) is 0 Å². The molecule has 0 amide bonds. The number of hydrogen-bond donors (Lipinski definition) is 0. The van der Waals surface area contributed by atoms with Crippen LogP contribution in [0, 0.1) is 0 Å². The van der Waals surface area contributed by atoms with E-state index in [0.717, 1.165) is 63.6 Å². The molecule has 0 rings (SSSR count). The van der Waals surface area contributed by atoms with Crippen molar-refractivity contribution in [3.8, 4) is 0 Å². The summed E-state index contributed by atoms with van der Waals surface area (Å²) in [6.07, 6.45) is 12.0. The average molecular weight is 555 g/mol. The summed E-state index contributed by atoms with van der Waals surface area (Å²) in [7, 11) is 2.89. The number of rotatable bonds is 27. The standard InChI is InChI=1S/C26H58O4S2Si2/c1-7-13-15-21-33-25(27-17-9-3,28-18-10-4)23-31-32-24-26(29-19-11-5,30-20-12-6)34-22-16-14-8-2/h7-24,33-34H2,1-6H3. The van der Waals surface area contributed by atoms with E-state index in [1.807, 2.05) is 21.6 Å². The van der Waals surface area contributed by atoms with Crippen LogP contribution >= 0.6 is 21.6 Å². The highest BCUT2D eigenvalue weighted by atomic mass is 33.1. The number of unbranched alkanes of at least 4 members (excludes halogenated alkanes) is 4. The molecule has 34 heavy (non-hydrogen) atoms. The molecule has 0 aliphatic rings. The molecule has 0 aromatic heterocycles. The summed E-state index contributed by atoms with van der Waals surface area (Å²) in [5, 5.41) is 0. The van der Waals surface area contributed by atoms with Gasteiger partial charge in [0.05, 0.1) is 30.5 Å². The van der Waals surface area contributed by atoms with Gasteiger partial charge < -0.3 is 18.9 Å². The maximum Gasteiger partial charge on any atom is 0.154 e. The van der Waals surface area contributed by atoms with Crippen molar-refractivity contribution in [3.05, 3.63) is 0 Å². The summed E-state index contributed by atoms with van der Waals surface area (Å²) < 4.78 is 25.9. The fourth-order valence-corrected chi connectivity index (χ4v) is 12.3. The molecule has 8 heteroatoms. The van der Waals surface area contributed by atoms with Crippen molar-refractivity contribution in [2.75, 3.05) is 37.9 Å². The SMILES string of the molecule is CCCCC[SiH2]C(CSSCC(OCCC)(OCCC)[SiH2]CCCCC)(OCCC)OCCC. The van der Waals surface area contributed by atoms with E-state index >= 15 is 0 Å². The zero-order valence-corrected chi connectivity index (χ0v) is 28.1. The fraction of sp³-hybridized carbons (Fsp3) is 1.00. The van der Waals surface area contributed by atoms with E-state index in [0.29, 0.717) is 0 Å². The van der Waals surface area contributed by atoms with Crippen LogP contribution in [0.1, 0.15) is 106 Å². The smallest absolute Gasteiger partial charge is 0.154 e. The molecule has 0 bridgehead atoms. The molecule has 206 valence electrons. The van der Waals surface area contributed by atoms with Crippen LogP contribution in [0.5, 0.6) is 0 Å². The molecule has 0 spiro atoms. The Morgan fingerprint density at radius 2 is 0.794 bits per heavy atom. The zero-order chi connectivity index (χ0) is 25.4. The second kappa shape index (κ2) is 24.3. The lowest BCUT2D eigenvalue weighted by Gasteiger charge is -2.36. The van der Waals surface area contributed by atoms with Crippen molar-refractivity contribution in [1.82, 2.24) is 0 Å². The Hall–Kier alpha value is 0.974. The van der Waals surface area contributed by atoms with Crippen LogP contribution in [0.15, 0.2) is 0 Å². The molecule has 0 aliphatic carbocycles. The highest BCUT2D eigenvalue weighted by Crippen LogP contribution is 2.34. The van der Waals surface area contributed by atoms with E-state index in [-0.39, 0.29) is 10.8 Å². The summed E-state index contributed by atoms with van der Waals surface area (Å²) in [5.74, 6) is 1.84. The minimum atomic E-state index is -0.483. The largest absolute Gasteiger partial charge is 0.354 e. The van der Waals surface area contributed by atoms with Gasteiger partial charge in [-0.2, -0.15) is 0 Å². The molecular formula is C26H58O4S2Si2. The van der Waals surface area contributed by atoms with Crippen LogP contribution in [0.2, 0.25) is 12.1 Å². The zero-order valence-electron chi connectivity index (χ0n) is 23.6. The predicted octanol–water partition coefficient (Wildman–Crippen LogP) is 6.94. The lowest BCUT2D eigenvalue weighted by Crippen LogP contribution is -2.46. The highest BCUT2D eigenvalue weighted by Gasteiger charge is 2.34. The lowest BCUT2D eigenvalue weighted by molar-refractivity contribution is -0.166. The Morgan fingerprint density at radius 1 is 0.471 bits per heavy atom. The van der Waals surface area contributed by atoms with Crippen molar-refractivity contribution in [1.29, 1.82) is 0 Å². The first-order valence-corrected chi connectivity index (χ1v) is 20.3. The molecule has 0 unspecified atom stereocenters. The van der Waals surface area contributed by atoms with E-state index in [1.54, 1.807) is 0 Å². The van der Waals surface area contributed by atoms with Crippen LogP contribution < -0.4 is 0 Å². The normalized spacial score (nSPS) is 13.2. The van der Waals surface area contributed by atoms with E-state index < -0.39 is 19.0 Å². The summed E-state index contributed by atoms with van der Waals surface area (Å²) in [6, 6.07) is 2.61. The van der Waals surface area contributed by atoms with Crippen LogP contribution in [0.25, 0.3) is 0 Å². The van der Waals surface area contributed by atoms with Crippen molar-refractivity contribution < 1.29 is 18.9 Å². The average Bonchev–Trinajstić information content (AvgIpc) is 2.86. The maximum atomic E-state index is 6.47. The van der Waals surface area contributed by atoms with Crippen LogP contribution in [-0.4, -0.2) is 67.8 Å². The van der Waals surface area contributed by atoms with Crippen molar-refractivity contribution in [2.45, 2.75) is 129 Å². The Bertz CT molecular complexity index is 380. The van der Waals surface area contributed by atoms with Gasteiger partial charge in [0.25, 0.3) is 0 Å². The minimum Gasteiger partial charge on any atom is -0.354 e. The highest BCUT2D eigenvalue weighted by molar-refractivity contribution is 8.76. The van der Waals surface area contributed by atoms with Crippen molar-refractivity contribution in [3.63, 3.8) is 0 Å². The van der Waals surface area contributed by atoms with E-state index in [9.17, 15) is 0 Å². The van der Waals surface area contributed by atoms with Gasteiger partial charge in [-0.1, -0.05) is 114 Å². The number of ether oxygens (including phenoxy) is 4. The van der Waals surface area contributed by atoms with Gasteiger partial charge >= 0.3 is 0 Å². The number of hydrogen-bond acceptors (Lipinski definition) is 6. The molecule has 0 atom stereocenters. The summed E-state index contributed by atoms with van der Waals surface area (Å²) >= 11 is 0. The van der Waals surface area contributed by atoms with Gasteiger partial charge in [-0.25, -0.2) is 0 Å². The molecule has 0 fully saturated rings. The molecular weight excluding hydrogens is 497 g/mol. The monoisotopic (exact) mass is 554 g/mol. The maximum absolute atomic E-state index is 6.47. The summed E-state index contributed by atoms with van der Waals surface area (Å²) in [6.45, 7) is 16.5. The van der Waals surface area contributed by atoms with Crippen molar-refractivity contribution in [2.24, 2.45) is 0 Å². The molecule has 0 radical (unpaired) electrons. The van der Waals surface area contributed by atoms with Gasteiger partial charge in [0.15, 0.2) is 10.8 Å².